The minimum atomic E-state index is -0.668. The molecule has 0 aliphatic rings. The lowest BCUT2D eigenvalue weighted by Crippen LogP contribution is -2.25. The Kier molecular flexibility index (Phi) is 21.5. The van der Waals surface area contributed by atoms with Crippen molar-refractivity contribution in [3.63, 3.8) is 0 Å². The number of allylic oxidation sites excluding steroid dienone is 4. The monoisotopic (exact) mass is 556 g/mol. The summed E-state index contributed by atoms with van der Waals surface area (Å²) in [4.78, 5) is 0.615. The minimum Gasteiger partial charge on any atom is -0.339 e. The van der Waals surface area contributed by atoms with Crippen LogP contribution in [0.4, 0.5) is 5.69 Å². The van der Waals surface area contributed by atoms with E-state index in [9.17, 15) is 0 Å². The van der Waals surface area contributed by atoms with Crippen LogP contribution in [0.2, 0.25) is 0 Å². The van der Waals surface area contributed by atoms with Crippen molar-refractivity contribution in [3.8, 4) is 0 Å². The normalized spacial score (nSPS) is 13.9. The van der Waals surface area contributed by atoms with Crippen molar-refractivity contribution < 1.29 is 0 Å². The van der Waals surface area contributed by atoms with Crippen LogP contribution in [0, 0.1) is 5.92 Å². The lowest BCUT2D eigenvalue weighted by atomic mass is 9.96. The Morgan fingerprint density at radius 2 is 1.74 bits per heavy atom. The van der Waals surface area contributed by atoms with E-state index < -0.39 is 4.87 Å². The lowest BCUT2D eigenvalue weighted by Gasteiger charge is -2.21. The fourth-order valence-electron chi connectivity index (χ4n) is 2.45. The first-order valence-electron chi connectivity index (χ1n) is 12.2. The summed E-state index contributed by atoms with van der Waals surface area (Å²) in [5.74, 6) is 1.91. The minimum absolute atomic E-state index is 0.120. The molecule has 0 amide bonds. The number of thioether (sulfide) groups is 1. The Morgan fingerprint density at radius 3 is 2.20 bits per heavy atom. The molecular formula is C29H46Cl2N2S2. The van der Waals surface area contributed by atoms with Crippen LogP contribution in [0.1, 0.15) is 67.7 Å². The number of rotatable bonds is 12. The van der Waals surface area contributed by atoms with Crippen LogP contribution in [0.25, 0.3) is 0 Å². The summed E-state index contributed by atoms with van der Waals surface area (Å²) < 4.78 is 0. The highest BCUT2D eigenvalue weighted by atomic mass is 35.5. The molecule has 0 fully saturated rings. The highest BCUT2D eigenvalue weighted by Crippen LogP contribution is 2.29. The molecule has 0 radical (unpaired) electrons. The molecule has 1 aromatic carbocycles. The maximum Gasteiger partial charge on any atom is 0.174 e. The Hall–Kier alpha value is -1.20. The number of unbranched alkanes of at least 4 members (excludes halogenated alkanes) is 1. The van der Waals surface area contributed by atoms with Crippen molar-refractivity contribution in [1.29, 1.82) is 0 Å². The van der Waals surface area contributed by atoms with Crippen molar-refractivity contribution >= 4 is 58.0 Å². The Labute approximate surface area is 235 Å². The quantitative estimate of drug-likeness (QED) is 0.0878. The number of hydrogen-bond acceptors (Lipinski definition) is 2. The molecule has 6 heteroatoms. The van der Waals surface area contributed by atoms with E-state index in [1.165, 1.54) is 24.2 Å². The predicted molar refractivity (Wildman–Crippen MR) is 169 cm³/mol. The average molecular weight is 558 g/mol. The molecular weight excluding hydrogens is 511 g/mol. The zero-order valence-corrected chi connectivity index (χ0v) is 25.9. The first-order chi connectivity index (χ1) is 16.5. The largest absolute Gasteiger partial charge is 0.339 e. The number of nitrogens with one attached hydrogen (secondary N) is 2. The molecule has 3 atom stereocenters. The van der Waals surface area contributed by atoms with E-state index in [-0.39, 0.29) is 5.38 Å². The topological polar surface area (TPSA) is 24.1 Å². The van der Waals surface area contributed by atoms with Crippen molar-refractivity contribution in [2.45, 2.75) is 82.9 Å². The summed E-state index contributed by atoms with van der Waals surface area (Å²) in [7, 11) is 0. The van der Waals surface area contributed by atoms with Gasteiger partial charge in [-0.25, -0.2) is 0 Å². The fourth-order valence-corrected chi connectivity index (χ4v) is 3.74. The predicted octanol–water partition coefficient (Wildman–Crippen LogP) is 10.4. The smallest absolute Gasteiger partial charge is 0.174 e. The molecule has 0 aromatic heterocycles. The summed E-state index contributed by atoms with van der Waals surface area (Å²) in [6, 6.07) is 8.37. The van der Waals surface area contributed by atoms with Crippen LogP contribution >= 0.6 is 47.2 Å². The molecule has 35 heavy (non-hydrogen) atoms. The second kappa shape index (κ2) is 20.9. The van der Waals surface area contributed by atoms with Crippen LogP contribution < -0.4 is 10.6 Å². The van der Waals surface area contributed by atoms with Gasteiger partial charge < -0.3 is 10.6 Å². The molecule has 0 aliphatic carbocycles. The molecule has 3 unspecified atom stereocenters. The number of benzene rings is 1. The SMILES string of the molecule is C=CC(C)(Cl)C(=C)/C(C)=C/NC(=S)Nc1ccc(SCC(C)CCCC)cc1.C=CC(C)Cl.CC. The third kappa shape index (κ3) is 17.8. The van der Waals surface area contributed by atoms with E-state index in [4.69, 9.17) is 35.4 Å². The van der Waals surface area contributed by atoms with Gasteiger partial charge in [-0.05, 0) is 80.7 Å². The molecule has 0 bridgehead atoms. The Bertz CT molecular complexity index is 784. The zero-order valence-electron chi connectivity index (χ0n) is 22.7. The van der Waals surface area contributed by atoms with Crippen LogP contribution in [0.3, 0.4) is 0 Å². The van der Waals surface area contributed by atoms with Crippen LogP contribution in [0.5, 0.6) is 0 Å². The number of anilines is 1. The summed E-state index contributed by atoms with van der Waals surface area (Å²) in [5.41, 5.74) is 2.67. The number of alkyl halides is 2. The second-order valence-corrected chi connectivity index (χ2v) is 11.2. The van der Waals surface area contributed by atoms with Crippen molar-refractivity contribution in [1.82, 2.24) is 5.32 Å². The van der Waals surface area contributed by atoms with Gasteiger partial charge in [-0.2, -0.15) is 0 Å². The van der Waals surface area contributed by atoms with E-state index in [1.54, 1.807) is 12.2 Å². The van der Waals surface area contributed by atoms with Crippen molar-refractivity contribution in [2.75, 3.05) is 11.1 Å². The maximum atomic E-state index is 6.36. The molecule has 0 aliphatic heterocycles. The first kappa shape index (κ1) is 36.0. The van der Waals surface area contributed by atoms with Crippen LogP contribution in [-0.2, 0) is 0 Å². The number of hydrogen-bond donors (Lipinski definition) is 2. The highest BCUT2D eigenvalue weighted by molar-refractivity contribution is 7.99. The van der Waals surface area contributed by atoms with Gasteiger partial charge in [0, 0.05) is 27.9 Å². The Morgan fingerprint density at radius 1 is 1.20 bits per heavy atom. The molecule has 198 valence electrons. The highest BCUT2D eigenvalue weighted by Gasteiger charge is 2.21. The second-order valence-electron chi connectivity index (χ2n) is 8.18. The van der Waals surface area contributed by atoms with E-state index in [0.29, 0.717) is 5.11 Å². The van der Waals surface area contributed by atoms with Gasteiger partial charge in [0.1, 0.15) is 0 Å². The van der Waals surface area contributed by atoms with E-state index in [0.717, 1.165) is 28.5 Å². The van der Waals surface area contributed by atoms with E-state index in [2.05, 4.69) is 68.5 Å². The maximum absolute atomic E-state index is 6.36. The summed E-state index contributed by atoms with van der Waals surface area (Å²) in [5, 5.41) is 6.92. The molecule has 2 nitrogen and oxygen atoms in total. The van der Waals surface area contributed by atoms with E-state index in [1.807, 2.05) is 52.6 Å². The zero-order chi connectivity index (χ0) is 27.4. The van der Waals surface area contributed by atoms with Crippen LogP contribution in [-0.4, -0.2) is 21.1 Å². The van der Waals surface area contributed by atoms with Gasteiger partial charge in [0.05, 0.1) is 4.87 Å². The summed E-state index contributed by atoms with van der Waals surface area (Å²) >= 11 is 19.0. The van der Waals surface area contributed by atoms with Crippen molar-refractivity contribution in [2.24, 2.45) is 5.92 Å². The first-order valence-corrected chi connectivity index (χ1v) is 14.4. The number of halogens is 2. The van der Waals surface area contributed by atoms with Gasteiger partial charge in [0.25, 0.3) is 0 Å². The lowest BCUT2D eigenvalue weighted by molar-refractivity contribution is 0.557. The average Bonchev–Trinajstić information content (AvgIpc) is 2.86. The van der Waals surface area contributed by atoms with Crippen LogP contribution in [0.15, 0.2) is 78.4 Å². The molecule has 0 spiro atoms. The molecule has 1 rings (SSSR count). The molecule has 2 N–H and O–H groups in total. The van der Waals surface area contributed by atoms with Gasteiger partial charge in [0.2, 0.25) is 0 Å². The molecule has 1 aromatic rings. The van der Waals surface area contributed by atoms with Gasteiger partial charge >= 0.3 is 0 Å². The third-order valence-corrected chi connectivity index (χ3v) is 7.01. The Balaban J connectivity index is 0. The van der Waals surface area contributed by atoms with Gasteiger partial charge in [-0.1, -0.05) is 59.3 Å². The summed E-state index contributed by atoms with van der Waals surface area (Å²) in [6.45, 7) is 25.5. The van der Waals surface area contributed by atoms with E-state index >= 15 is 0 Å². The third-order valence-electron chi connectivity index (χ3n) is 4.89. The fraction of sp³-hybridized carbons (Fsp3) is 0.483. The molecule has 0 saturated heterocycles. The van der Waals surface area contributed by atoms with Crippen molar-refractivity contribution in [3.05, 3.63) is 73.5 Å². The standard InChI is InChI=1S/C23H33ClN2S2.C4H7Cl.C2H6/c1-7-9-10-17(3)16-28-21-13-11-20(12-14-21)26-22(27)25-15-18(4)19(5)23(6,24)8-2;1-3-4(2)5;1-2/h8,11-15,17H,2,5,7,9-10,16H2,1,3-4,6H3,(H2,25,26,27);3-4H,1H2,2H3;1-2H3/b18-15+;;. The summed E-state index contributed by atoms with van der Waals surface area (Å²) in [6.07, 6.45) is 9.05. The van der Waals surface area contributed by atoms with Gasteiger partial charge in [0.15, 0.2) is 5.11 Å². The van der Waals surface area contributed by atoms with Gasteiger partial charge in [-0.15, -0.1) is 48.1 Å². The number of thiocarbonyl (C=S) groups is 1. The molecule has 0 saturated carbocycles. The van der Waals surface area contributed by atoms with Gasteiger partial charge in [-0.3, -0.25) is 0 Å². The molecule has 0 heterocycles.